The van der Waals surface area contributed by atoms with Crippen molar-refractivity contribution in [3.8, 4) is 11.6 Å². The van der Waals surface area contributed by atoms with Crippen LogP contribution in [0.25, 0.3) is 0 Å². The average Bonchev–Trinajstić information content (AvgIpc) is 3.20. The topological polar surface area (TPSA) is 34.1 Å². The normalized spacial score (nSPS) is 14.3. The van der Waals surface area contributed by atoms with E-state index in [0.29, 0.717) is 11.9 Å². The summed E-state index contributed by atoms with van der Waals surface area (Å²) in [5, 5.41) is 3.52. The van der Waals surface area contributed by atoms with Crippen molar-refractivity contribution in [1.29, 1.82) is 0 Å². The zero-order chi connectivity index (χ0) is 13.9. The van der Waals surface area contributed by atoms with Crippen LogP contribution in [0.3, 0.4) is 0 Å². The van der Waals surface area contributed by atoms with E-state index in [1.165, 1.54) is 18.4 Å². The summed E-state index contributed by atoms with van der Waals surface area (Å²) < 4.78 is 7.02. The van der Waals surface area contributed by atoms with Crippen LogP contribution in [0.5, 0.6) is 11.6 Å². The van der Waals surface area contributed by atoms with Crippen LogP contribution in [-0.4, -0.2) is 11.0 Å². The molecular weight excluding hydrogens is 363 g/mol. The number of benzene rings is 1. The van der Waals surface area contributed by atoms with Crippen LogP contribution >= 0.6 is 22.6 Å². The molecule has 1 aromatic carbocycles. The van der Waals surface area contributed by atoms with Gasteiger partial charge in [-0.1, -0.05) is 6.07 Å². The molecule has 0 atom stereocenters. The van der Waals surface area contributed by atoms with E-state index in [2.05, 4.69) is 39.0 Å². The molecule has 3 rings (SSSR count). The molecule has 104 valence electrons. The highest BCUT2D eigenvalue weighted by atomic mass is 127. The Bertz CT molecular complexity index is 611. The molecule has 1 fully saturated rings. The van der Waals surface area contributed by atoms with E-state index < -0.39 is 0 Å². The maximum absolute atomic E-state index is 5.86. The second-order valence-electron chi connectivity index (χ2n) is 5.17. The molecule has 0 saturated heterocycles. The number of hydrogen-bond donors (Lipinski definition) is 1. The van der Waals surface area contributed by atoms with Crippen molar-refractivity contribution in [1.82, 2.24) is 10.3 Å². The second-order valence-corrected chi connectivity index (χ2v) is 6.42. The lowest BCUT2D eigenvalue weighted by Crippen LogP contribution is -2.15. The summed E-state index contributed by atoms with van der Waals surface area (Å²) >= 11 is 2.28. The molecule has 0 amide bonds. The van der Waals surface area contributed by atoms with Crippen LogP contribution in [0.4, 0.5) is 0 Å². The molecule has 0 unspecified atom stereocenters. The Morgan fingerprint density at radius 2 is 2.15 bits per heavy atom. The van der Waals surface area contributed by atoms with Gasteiger partial charge in [-0.05, 0) is 72.2 Å². The predicted octanol–water partition coefficient (Wildman–Crippen LogP) is 4.04. The molecule has 1 saturated carbocycles. The van der Waals surface area contributed by atoms with Crippen LogP contribution in [0.2, 0.25) is 0 Å². The molecule has 1 aromatic heterocycles. The number of nitrogens with zero attached hydrogens (tertiary/aromatic N) is 1. The lowest BCUT2D eigenvalue weighted by atomic mass is 10.2. The molecule has 1 aliphatic rings. The zero-order valence-corrected chi connectivity index (χ0v) is 13.6. The van der Waals surface area contributed by atoms with E-state index in [1.807, 2.05) is 37.3 Å². The number of halogens is 1. The maximum Gasteiger partial charge on any atom is 0.219 e. The largest absolute Gasteiger partial charge is 0.439 e. The van der Waals surface area contributed by atoms with Crippen LogP contribution in [-0.2, 0) is 6.54 Å². The van der Waals surface area contributed by atoms with Gasteiger partial charge < -0.3 is 10.1 Å². The third kappa shape index (κ3) is 3.93. The number of aryl methyl sites for hydroxylation is 1. The number of nitrogens with one attached hydrogen (secondary N) is 1. The summed E-state index contributed by atoms with van der Waals surface area (Å²) in [4.78, 5) is 4.45. The summed E-state index contributed by atoms with van der Waals surface area (Å²) in [5.41, 5.74) is 2.21. The van der Waals surface area contributed by atoms with Crippen molar-refractivity contribution >= 4 is 22.6 Å². The lowest BCUT2D eigenvalue weighted by molar-refractivity contribution is 0.460. The maximum atomic E-state index is 5.86. The third-order valence-corrected chi connectivity index (χ3v) is 3.85. The molecular formula is C16H17IN2O. The van der Waals surface area contributed by atoms with Crippen molar-refractivity contribution in [3.63, 3.8) is 0 Å². The molecule has 1 aliphatic carbocycles. The fraction of sp³-hybridized carbons (Fsp3) is 0.312. The van der Waals surface area contributed by atoms with Gasteiger partial charge in [0, 0.05) is 27.9 Å². The fourth-order valence-corrected chi connectivity index (χ4v) is 2.58. The third-order valence-electron chi connectivity index (χ3n) is 3.18. The molecule has 0 bridgehead atoms. The number of aromatic nitrogens is 1. The van der Waals surface area contributed by atoms with Gasteiger partial charge in [0.05, 0.1) is 0 Å². The van der Waals surface area contributed by atoms with Crippen LogP contribution < -0.4 is 10.1 Å². The van der Waals surface area contributed by atoms with Gasteiger partial charge >= 0.3 is 0 Å². The first kappa shape index (κ1) is 13.8. The van der Waals surface area contributed by atoms with Crippen molar-refractivity contribution < 1.29 is 4.74 Å². The number of rotatable bonds is 5. The first-order valence-corrected chi connectivity index (χ1v) is 7.91. The standard InChI is InChI=1S/C16H17IN2O/c1-11-7-12(10-18-14-5-6-14)8-16(19-11)20-15-4-2-3-13(17)9-15/h2-4,7-9,14,18H,5-6,10H2,1H3. The summed E-state index contributed by atoms with van der Waals surface area (Å²) in [5.74, 6) is 1.50. The van der Waals surface area contributed by atoms with E-state index in [4.69, 9.17) is 4.74 Å². The van der Waals surface area contributed by atoms with Crippen LogP contribution in [0, 0.1) is 10.5 Å². The van der Waals surface area contributed by atoms with E-state index in [0.717, 1.165) is 21.6 Å². The minimum absolute atomic E-state index is 0.666. The molecule has 0 radical (unpaired) electrons. The van der Waals surface area contributed by atoms with Gasteiger partial charge in [0.25, 0.3) is 0 Å². The predicted molar refractivity (Wildman–Crippen MR) is 88.1 cm³/mol. The summed E-state index contributed by atoms with van der Waals surface area (Å²) in [6.45, 7) is 2.89. The first-order chi connectivity index (χ1) is 9.69. The quantitative estimate of drug-likeness (QED) is 0.796. The van der Waals surface area contributed by atoms with Crippen molar-refractivity contribution in [2.75, 3.05) is 0 Å². The van der Waals surface area contributed by atoms with Crippen molar-refractivity contribution in [3.05, 3.63) is 51.2 Å². The van der Waals surface area contributed by atoms with E-state index in [9.17, 15) is 0 Å². The molecule has 3 nitrogen and oxygen atoms in total. The highest BCUT2D eigenvalue weighted by Crippen LogP contribution is 2.24. The monoisotopic (exact) mass is 380 g/mol. The van der Waals surface area contributed by atoms with Gasteiger partial charge in [-0.25, -0.2) is 4.98 Å². The molecule has 1 heterocycles. The smallest absolute Gasteiger partial charge is 0.219 e. The lowest BCUT2D eigenvalue weighted by Gasteiger charge is -2.09. The Morgan fingerprint density at radius 1 is 1.30 bits per heavy atom. The number of hydrogen-bond acceptors (Lipinski definition) is 3. The summed E-state index contributed by atoms with van der Waals surface area (Å²) in [6.07, 6.45) is 2.60. The summed E-state index contributed by atoms with van der Waals surface area (Å²) in [7, 11) is 0. The fourth-order valence-electron chi connectivity index (χ4n) is 2.06. The van der Waals surface area contributed by atoms with E-state index in [-0.39, 0.29) is 0 Å². The molecule has 20 heavy (non-hydrogen) atoms. The Kier molecular flexibility index (Phi) is 4.21. The van der Waals surface area contributed by atoms with Gasteiger partial charge in [-0.2, -0.15) is 0 Å². The Labute approximate surface area is 132 Å². The van der Waals surface area contributed by atoms with Gasteiger partial charge in [0.15, 0.2) is 0 Å². The van der Waals surface area contributed by atoms with Crippen molar-refractivity contribution in [2.24, 2.45) is 0 Å². The minimum atomic E-state index is 0.666. The van der Waals surface area contributed by atoms with Gasteiger partial charge in [0.2, 0.25) is 5.88 Å². The molecule has 2 aromatic rings. The highest BCUT2D eigenvalue weighted by Gasteiger charge is 2.20. The molecule has 0 spiro atoms. The van der Waals surface area contributed by atoms with E-state index in [1.54, 1.807) is 0 Å². The number of ether oxygens (including phenoxy) is 1. The zero-order valence-electron chi connectivity index (χ0n) is 11.4. The summed E-state index contributed by atoms with van der Waals surface area (Å²) in [6, 6.07) is 12.8. The molecule has 1 N–H and O–H groups in total. The van der Waals surface area contributed by atoms with Crippen LogP contribution in [0.15, 0.2) is 36.4 Å². The SMILES string of the molecule is Cc1cc(CNC2CC2)cc(Oc2cccc(I)c2)n1. The highest BCUT2D eigenvalue weighted by molar-refractivity contribution is 14.1. The molecule has 4 heteroatoms. The minimum Gasteiger partial charge on any atom is -0.439 e. The number of pyridine rings is 1. The van der Waals surface area contributed by atoms with Gasteiger partial charge in [0.1, 0.15) is 5.75 Å². The molecule has 0 aliphatic heterocycles. The van der Waals surface area contributed by atoms with Gasteiger partial charge in [-0.15, -0.1) is 0 Å². The Hall–Kier alpha value is -1.14. The average molecular weight is 380 g/mol. The van der Waals surface area contributed by atoms with E-state index >= 15 is 0 Å². The second kappa shape index (κ2) is 6.10. The van der Waals surface area contributed by atoms with Gasteiger partial charge in [-0.3, -0.25) is 0 Å². The Balaban J connectivity index is 1.74. The Morgan fingerprint density at radius 3 is 2.90 bits per heavy atom. The van der Waals surface area contributed by atoms with Crippen LogP contribution in [0.1, 0.15) is 24.1 Å². The first-order valence-electron chi connectivity index (χ1n) is 6.83. The van der Waals surface area contributed by atoms with Crippen molar-refractivity contribution in [2.45, 2.75) is 32.4 Å².